The SMILES string of the molecule is CC(=O)SCC(O)C(O)c1cc(F)cc(N)c1C. The number of hydrogen-bond acceptors (Lipinski definition) is 5. The van der Waals surface area contributed by atoms with Crippen molar-refractivity contribution in [2.24, 2.45) is 0 Å². The Morgan fingerprint density at radius 3 is 2.67 bits per heavy atom. The maximum atomic E-state index is 13.2. The van der Waals surface area contributed by atoms with E-state index in [4.69, 9.17) is 5.73 Å². The molecule has 0 aliphatic rings. The summed E-state index contributed by atoms with van der Waals surface area (Å²) in [7, 11) is 0. The molecule has 1 aromatic rings. The smallest absolute Gasteiger partial charge is 0.185 e. The summed E-state index contributed by atoms with van der Waals surface area (Å²) in [4.78, 5) is 10.8. The maximum absolute atomic E-state index is 13.2. The Morgan fingerprint density at radius 2 is 2.11 bits per heavy atom. The van der Waals surface area contributed by atoms with Gasteiger partial charge in [-0.15, -0.1) is 0 Å². The highest BCUT2D eigenvalue weighted by Gasteiger charge is 2.22. The Morgan fingerprint density at radius 1 is 1.50 bits per heavy atom. The molecule has 0 spiro atoms. The summed E-state index contributed by atoms with van der Waals surface area (Å²) in [6, 6.07) is 2.29. The Labute approximate surface area is 109 Å². The summed E-state index contributed by atoms with van der Waals surface area (Å²) >= 11 is 0.903. The largest absolute Gasteiger partial charge is 0.398 e. The second-order valence-electron chi connectivity index (χ2n) is 4.02. The molecule has 0 aliphatic carbocycles. The zero-order valence-electron chi connectivity index (χ0n) is 10.2. The zero-order valence-corrected chi connectivity index (χ0v) is 11.0. The van der Waals surface area contributed by atoms with Gasteiger partial charge in [-0.2, -0.15) is 0 Å². The second kappa shape index (κ2) is 6.17. The molecule has 0 radical (unpaired) electrons. The van der Waals surface area contributed by atoms with Crippen molar-refractivity contribution < 1.29 is 19.4 Å². The van der Waals surface area contributed by atoms with Crippen LogP contribution in [0.4, 0.5) is 10.1 Å². The minimum Gasteiger partial charge on any atom is -0.398 e. The second-order valence-corrected chi connectivity index (χ2v) is 5.22. The summed E-state index contributed by atoms with van der Waals surface area (Å²) in [5.41, 5.74) is 6.57. The fraction of sp³-hybridized carbons (Fsp3) is 0.417. The van der Waals surface area contributed by atoms with Crippen LogP contribution in [0.1, 0.15) is 24.2 Å². The van der Waals surface area contributed by atoms with E-state index < -0.39 is 18.0 Å². The third kappa shape index (κ3) is 3.69. The molecule has 0 saturated carbocycles. The number of halogens is 1. The molecule has 2 atom stereocenters. The molecule has 4 nitrogen and oxygen atoms in total. The van der Waals surface area contributed by atoms with Crippen LogP contribution in [0.2, 0.25) is 0 Å². The number of nitrogen functional groups attached to an aromatic ring is 1. The number of aliphatic hydroxyl groups is 2. The minimum atomic E-state index is -1.27. The van der Waals surface area contributed by atoms with Gasteiger partial charge in [0.15, 0.2) is 5.12 Å². The van der Waals surface area contributed by atoms with Crippen molar-refractivity contribution in [2.45, 2.75) is 26.1 Å². The van der Waals surface area contributed by atoms with Gasteiger partial charge in [0, 0.05) is 18.4 Å². The third-order valence-corrected chi connectivity index (χ3v) is 3.51. The normalized spacial score (nSPS) is 14.3. The predicted molar refractivity (Wildman–Crippen MR) is 69.7 cm³/mol. The van der Waals surface area contributed by atoms with Gasteiger partial charge < -0.3 is 15.9 Å². The number of thioether (sulfide) groups is 1. The lowest BCUT2D eigenvalue weighted by Crippen LogP contribution is -2.22. The number of anilines is 1. The van der Waals surface area contributed by atoms with Crippen LogP contribution in [0.25, 0.3) is 0 Å². The van der Waals surface area contributed by atoms with Crippen LogP contribution in [0.3, 0.4) is 0 Å². The Kier molecular flexibility index (Phi) is 5.13. The van der Waals surface area contributed by atoms with E-state index in [0.717, 1.165) is 23.9 Å². The fourth-order valence-corrected chi connectivity index (χ4v) is 2.12. The summed E-state index contributed by atoms with van der Waals surface area (Å²) < 4.78 is 13.2. The first-order valence-electron chi connectivity index (χ1n) is 5.38. The van der Waals surface area contributed by atoms with Crippen LogP contribution >= 0.6 is 11.8 Å². The highest BCUT2D eigenvalue weighted by Crippen LogP contribution is 2.27. The van der Waals surface area contributed by atoms with Crippen LogP contribution in [-0.2, 0) is 4.79 Å². The van der Waals surface area contributed by atoms with Gasteiger partial charge in [0.25, 0.3) is 0 Å². The van der Waals surface area contributed by atoms with Gasteiger partial charge in [0.05, 0.1) is 6.10 Å². The first kappa shape index (κ1) is 14.9. The number of carbonyl (C=O) groups excluding carboxylic acids is 1. The van der Waals surface area contributed by atoms with Crippen LogP contribution < -0.4 is 5.73 Å². The van der Waals surface area contributed by atoms with E-state index in [9.17, 15) is 19.4 Å². The molecule has 0 aliphatic heterocycles. The van der Waals surface area contributed by atoms with Gasteiger partial charge in [-0.25, -0.2) is 4.39 Å². The third-order valence-electron chi connectivity index (χ3n) is 2.59. The Hall–Kier alpha value is -1.11. The number of nitrogens with two attached hydrogens (primary N) is 1. The number of hydrogen-bond donors (Lipinski definition) is 3. The summed E-state index contributed by atoms with van der Waals surface area (Å²) in [6.45, 7) is 3.01. The van der Waals surface area contributed by atoms with E-state index >= 15 is 0 Å². The number of rotatable bonds is 4. The molecular weight excluding hydrogens is 257 g/mol. The standard InChI is InChI=1S/C12H16FNO3S/c1-6-9(3-8(13)4-10(6)14)12(17)11(16)5-18-7(2)15/h3-4,11-12,16-17H,5,14H2,1-2H3. The van der Waals surface area contributed by atoms with E-state index in [1.807, 2.05) is 0 Å². The van der Waals surface area contributed by atoms with Gasteiger partial charge in [-0.05, 0) is 30.2 Å². The average Bonchev–Trinajstić information content (AvgIpc) is 2.29. The fourth-order valence-electron chi connectivity index (χ4n) is 1.53. The van der Waals surface area contributed by atoms with E-state index in [1.54, 1.807) is 6.92 Å². The highest BCUT2D eigenvalue weighted by atomic mass is 32.2. The van der Waals surface area contributed by atoms with Crippen molar-refractivity contribution in [1.82, 2.24) is 0 Å². The summed E-state index contributed by atoms with van der Waals surface area (Å²) in [6.07, 6.45) is -2.42. The van der Waals surface area contributed by atoms with Crippen LogP contribution in [0, 0.1) is 12.7 Å². The summed E-state index contributed by atoms with van der Waals surface area (Å²) in [5.74, 6) is -0.523. The van der Waals surface area contributed by atoms with E-state index in [1.165, 1.54) is 6.92 Å². The van der Waals surface area contributed by atoms with Crippen molar-refractivity contribution in [1.29, 1.82) is 0 Å². The molecule has 0 amide bonds. The minimum absolute atomic E-state index is 0.0480. The number of aliphatic hydroxyl groups excluding tert-OH is 2. The monoisotopic (exact) mass is 273 g/mol. The molecular formula is C12H16FNO3S. The van der Waals surface area contributed by atoms with Gasteiger partial charge in [-0.3, -0.25) is 4.79 Å². The molecule has 0 aromatic heterocycles. The maximum Gasteiger partial charge on any atom is 0.185 e. The van der Waals surface area contributed by atoms with Gasteiger partial charge in [0.2, 0.25) is 0 Å². The van der Waals surface area contributed by atoms with Gasteiger partial charge >= 0.3 is 0 Å². The van der Waals surface area contributed by atoms with Crippen molar-refractivity contribution in [2.75, 3.05) is 11.5 Å². The van der Waals surface area contributed by atoms with E-state index in [0.29, 0.717) is 5.56 Å². The first-order valence-corrected chi connectivity index (χ1v) is 6.36. The lowest BCUT2D eigenvalue weighted by Gasteiger charge is -2.20. The van der Waals surface area contributed by atoms with Crippen molar-refractivity contribution >= 4 is 22.6 Å². The van der Waals surface area contributed by atoms with Crippen LogP contribution in [-0.4, -0.2) is 27.2 Å². The predicted octanol–water partition coefficient (Wildman–Crippen LogP) is 1.39. The molecule has 1 aromatic carbocycles. The lowest BCUT2D eigenvalue weighted by molar-refractivity contribution is -0.109. The van der Waals surface area contributed by atoms with E-state index in [2.05, 4.69) is 0 Å². The Bertz CT molecular complexity index is 453. The molecule has 2 unspecified atom stereocenters. The van der Waals surface area contributed by atoms with Crippen molar-refractivity contribution in [3.05, 3.63) is 29.1 Å². The number of carbonyl (C=O) groups is 1. The summed E-state index contributed by atoms with van der Waals surface area (Å²) in [5, 5.41) is 19.5. The van der Waals surface area contributed by atoms with Crippen molar-refractivity contribution in [3.63, 3.8) is 0 Å². The molecule has 0 saturated heterocycles. The topological polar surface area (TPSA) is 83.5 Å². The van der Waals surface area contributed by atoms with Crippen LogP contribution in [0.5, 0.6) is 0 Å². The molecule has 1 rings (SSSR count). The zero-order chi connectivity index (χ0) is 13.9. The quantitative estimate of drug-likeness (QED) is 0.722. The highest BCUT2D eigenvalue weighted by molar-refractivity contribution is 8.13. The molecule has 0 fully saturated rings. The van der Waals surface area contributed by atoms with Crippen molar-refractivity contribution in [3.8, 4) is 0 Å². The molecule has 6 heteroatoms. The number of benzene rings is 1. The molecule has 0 heterocycles. The Balaban J connectivity index is 2.89. The van der Waals surface area contributed by atoms with Crippen LogP contribution in [0.15, 0.2) is 12.1 Å². The average molecular weight is 273 g/mol. The molecule has 100 valence electrons. The van der Waals surface area contributed by atoms with E-state index in [-0.39, 0.29) is 22.1 Å². The molecule has 18 heavy (non-hydrogen) atoms. The lowest BCUT2D eigenvalue weighted by atomic mass is 9.98. The molecule has 0 bridgehead atoms. The molecule has 4 N–H and O–H groups in total. The van der Waals surface area contributed by atoms with Gasteiger partial charge in [-0.1, -0.05) is 11.8 Å². The van der Waals surface area contributed by atoms with Gasteiger partial charge in [0.1, 0.15) is 11.9 Å². The first-order chi connectivity index (χ1) is 8.32.